The van der Waals surface area contributed by atoms with E-state index in [0.717, 1.165) is 29.3 Å². The lowest BCUT2D eigenvalue weighted by atomic mass is 10.1. The third-order valence-corrected chi connectivity index (χ3v) is 4.58. The van der Waals surface area contributed by atoms with Gasteiger partial charge in [0.15, 0.2) is 0 Å². The van der Waals surface area contributed by atoms with Crippen molar-refractivity contribution in [3.8, 4) is 0 Å². The van der Waals surface area contributed by atoms with Crippen LogP contribution in [-0.4, -0.2) is 5.75 Å². The molecule has 0 spiro atoms. The van der Waals surface area contributed by atoms with E-state index in [-0.39, 0.29) is 5.82 Å². The fraction of sp³-hybridized carbons (Fsp3) is 0.684. The van der Waals surface area contributed by atoms with E-state index in [1.54, 1.807) is 24.1 Å². The molecule has 1 aromatic carbocycles. The maximum Gasteiger partial charge on any atom is 0.123 e. The number of aryl methyl sites for hydroxylation is 1. The quantitative estimate of drug-likeness (QED) is 0.425. The van der Waals surface area contributed by atoms with Gasteiger partial charge in [-0.2, -0.15) is 0 Å². The Morgan fingerprint density at radius 1 is 1.14 bits per heavy atom. The molecule has 1 saturated carbocycles. The third-order valence-electron chi connectivity index (χ3n) is 3.74. The van der Waals surface area contributed by atoms with Gasteiger partial charge in [-0.1, -0.05) is 70.4 Å². The van der Waals surface area contributed by atoms with Crippen LogP contribution in [-0.2, 0) is 6.54 Å². The lowest BCUT2D eigenvalue weighted by molar-refractivity contribution is 0.623. The molecule has 0 atom stereocenters. The highest BCUT2D eigenvalue weighted by Gasteiger charge is 2.19. The van der Waals surface area contributed by atoms with Gasteiger partial charge in [0.2, 0.25) is 0 Å². The molecule has 0 aliphatic heterocycles. The Morgan fingerprint density at radius 3 is 2.45 bits per heavy atom. The summed E-state index contributed by atoms with van der Waals surface area (Å²) in [6, 6.07) is 5.14. The van der Waals surface area contributed by atoms with Gasteiger partial charge < -0.3 is 0 Å². The molecule has 2 rings (SSSR count). The lowest BCUT2D eigenvalue weighted by Gasteiger charge is -2.05. The first-order valence-electron chi connectivity index (χ1n) is 8.76. The van der Waals surface area contributed by atoms with Gasteiger partial charge in [0, 0.05) is 12.3 Å². The second kappa shape index (κ2) is 12.0. The molecular weight excluding hydrogens is 293 g/mol. The predicted molar refractivity (Wildman–Crippen MR) is 97.6 cm³/mol. The summed E-state index contributed by atoms with van der Waals surface area (Å²) in [4.78, 5) is 0. The molecule has 1 aromatic rings. The van der Waals surface area contributed by atoms with Gasteiger partial charge in [-0.15, -0.1) is 0 Å². The molecule has 126 valence electrons. The number of benzene rings is 1. The van der Waals surface area contributed by atoms with Gasteiger partial charge in [-0.3, -0.25) is 4.72 Å². The van der Waals surface area contributed by atoms with E-state index < -0.39 is 0 Å². The molecule has 0 saturated heterocycles. The Hall–Kier alpha value is -0.540. The minimum atomic E-state index is -0.148. The van der Waals surface area contributed by atoms with Crippen LogP contribution in [0.15, 0.2) is 18.2 Å². The molecule has 1 fully saturated rings. The topological polar surface area (TPSA) is 12.0 Å². The smallest absolute Gasteiger partial charge is 0.123 e. The largest absolute Gasteiger partial charge is 0.260 e. The molecule has 3 heteroatoms. The second-order valence-electron chi connectivity index (χ2n) is 6.25. The van der Waals surface area contributed by atoms with Gasteiger partial charge in [-0.25, -0.2) is 4.39 Å². The minimum Gasteiger partial charge on any atom is -0.260 e. The maximum absolute atomic E-state index is 13.0. The summed E-state index contributed by atoms with van der Waals surface area (Å²) in [5.74, 6) is 2.12. The Kier molecular flexibility index (Phi) is 10.6. The van der Waals surface area contributed by atoms with Gasteiger partial charge in [-0.05, 0) is 42.5 Å². The first-order chi connectivity index (χ1) is 10.7. The summed E-state index contributed by atoms with van der Waals surface area (Å²) < 4.78 is 16.3. The van der Waals surface area contributed by atoms with Crippen LogP contribution in [0.2, 0.25) is 0 Å². The Labute approximate surface area is 140 Å². The molecular formula is C19H32FNS. The SMILES string of the molecule is CCCCC1CC1.CCCCSNCc1cc(C)cc(F)c1. The van der Waals surface area contributed by atoms with Crippen LogP contribution in [0.3, 0.4) is 0 Å². The van der Waals surface area contributed by atoms with Crippen molar-refractivity contribution < 1.29 is 4.39 Å². The standard InChI is InChI=1S/C12H18FNS.C7H14/c1-3-4-5-15-14-9-11-6-10(2)7-12(13)8-11;1-2-3-4-7-5-6-7/h6-8,14H,3-5,9H2,1-2H3;7H,2-6H2,1H3. The zero-order valence-corrected chi connectivity index (χ0v) is 15.3. The fourth-order valence-electron chi connectivity index (χ4n) is 2.24. The summed E-state index contributed by atoms with van der Waals surface area (Å²) in [7, 11) is 0. The van der Waals surface area contributed by atoms with E-state index >= 15 is 0 Å². The zero-order chi connectivity index (χ0) is 16.2. The van der Waals surface area contributed by atoms with E-state index in [4.69, 9.17) is 0 Å². The summed E-state index contributed by atoms with van der Waals surface area (Å²) in [5, 5.41) is 0. The molecule has 1 aliphatic rings. The lowest BCUT2D eigenvalue weighted by Crippen LogP contribution is -2.04. The highest BCUT2D eigenvalue weighted by Crippen LogP contribution is 2.33. The van der Waals surface area contributed by atoms with Crippen LogP contribution in [0, 0.1) is 18.7 Å². The van der Waals surface area contributed by atoms with Crippen molar-refractivity contribution in [1.29, 1.82) is 0 Å². The summed E-state index contributed by atoms with van der Waals surface area (Å²) in [5.41, 5.74) is 1.99. The monoisotopic (exact) mass is 325 g/mol. The molecule has 0 aromatic heterocycles. The number of unbranched alkanes of at least 4 members (excludes halogenated alkanes) is 2. The summed E-state index contributed by atoms with van der Waals surface area (Å²) in [6.45, 7) is 7.09. The number of halogens is 1. The zero-order valence-electron chi connectivity index (χ0n) is 14.5. The van der Waals surface area contributed by atoms with E-state index in [2.05, 4.69) is 18.6 Å². The highest BCUT2D eigenvalue weighted by atomic mass is 32.2. The average Bonchev–Trinajstić information content (AvgIpc) is 3.29. The highest BCUT2D eigenvalue weighted by molar-refractivity contribution is 7.97. The average molecular weight is 326 g/mol. The Morgan fingerprint density at radius 2 is 1.86 bits per heavy atom. The fourth-order valence-corrected chi connectivity index (χ4v) is 3.08. The third kappa shape index (κ3) is 10.2. The molecule has 0 amide bonds. The van der Waals surface area contributed by atoms with Crippen molar-refractivity contribution >= 4 is 11.9 Å². The Balaban J connectivity index is 0.000000287. The van der Waals surface area contributed by atoms with Crippen molar-refractivity contribution in [3.63, 3.8) is 0 Å². The van der Waals surface area contributed by atoms with Crippen molar-refractivity contribution in [2.45, 2.75) is 72.3 Å². The molecule has 0 bridgehead atoms. The summed E-state index contributed by atoms with van der Waals surface area (Å²) in [6.07, 6.45) is 9.85. The van der Waals surface area contributed by atoms with Gasteiger partial charge >= 0.3 is 0 Å². The number of rotatable bonds is 9. The van der Waals surface area contributed by atoms with Crippen LogP contribution in [0.1, 0.15) is 69.9 Å². The first kappa shape index (κ1) is 19.5. The number of hydrogen-bond acceptors (Lipinski definition) is 2. The molecule has 1 aliphatic carbocycles. The maximum atomic E-state index is 13.0. The molecule has 0 unspecified atom stereocenters. The summed E-state index contributed by atoms with van der Waals surface area (Å²) >= 11 is 1.71. The van der Waals surface area contributed by atoms with E-state index in [1.807, 2.05) is 13.0 Å². The number of nitrogens with one attached hydrogen (secondary N) is 1. The first-order valence-corrected chi connectivity index (χ1v) is 9.75. The predicted octanol–water partition coefficient (Wildman–Crippen LogP) is 6.26. The van der Waals surface area contributed by atoms with Crippen LogP contribution < -0.4 is 4.72 Å². The van der Waals surface area contributed by atoms with Crippen LogP contribution >= 0.6 is 11.9 Å². The normalized spacial score (nSPS) is 13.6. The van der Waals surface area contributed by atoms with Gasteiger partial charge in [0.25, 0.3) is 0 Å². The van der Waals surface area contributed by atoms with Crippen molar-refractivity contribution in [3.05, 3.63) is 35.1 Å². The van der Waals surface area contributed by atoms with E-state index in [1.165, 1.54) is 44.9 Å². The van der Waals surface area contributed by atoms with Gasteiger partial charge in [0.05, 0.1) is 0 Å². The van der Waals surface area contributed by atoms with Crippen molar-refractivity contribution in [2.75, 3.05) is 5.75 Å². The second-order valence-corrected chi connectivity index (χ2v) is 7.23. The van der Waals surface area contributed by atoms with E-state index in [0.29, 0.717) is 0 Å². The molecule has 1 nitrogen and oxygen atoms in total. The van der Waals surface area contributed by atoms with Crippen molar-refractivity contribution in [1.82, 2.24) is 4.72 Å². The minimum absolute atomic E-state index is 0.148. The molecule has 0 radical (unpaired) electrons. The molecule has 1 N–H and O–H groups in total. The van der Waals surface area contributed by atoms with Crippen LogP contribution in [0.25, 0.3) is 0 Å². The molecule has 0 heterocycles. The van der Waals surface area contributed by atoms with Crippen LogP contribution in [0.4, 0.5) is 4.39 Å². The van der Waals surface area contributed by atoms with Crippen molar-refractivity contribution in [2.24, 2.45) is 5.92 Å². The van der Waals surface area contributed by atoms with Gasteiger partial charge in [0.1, 0.15) is 5.82 Å². The Bertz CT molecular complexity index is 384. The number of hydrogen-bond donors (Lipinski definition) is 1. The van der Waals surface area contributed by atoms with Crippen LogP contribution in [0.5, 0.6) is 0 Å². The molecule has 22 heavy (non-hydrogen) atoms. The van der Waals surface area contributed by atoms with E-state index in [9.17, 15) is 4.39 Å².